The number of nitrogens with one attached hydrogen (secondary N) is 2. The number of carbonyl (C=O) groups is 1. The molecule has 1 amide bonds. The number of amides is 1. The molecule has 3 aromatic carbocycles. The maximum atomic E-state index is 13.0. The van der Waals surface area contributed by atoms with Crippen LogP contribution < -0.4 is 10.0 Å². The van der Waals surface area contributed by atoms with Gasteiger partial charge >= 0.3 is 0 Å². The Hall–Kier alpha value is -2.90. The van der Waals surface area contributed by atoms with Crippen LogP contribution in [0.2, 0.25) is 5.02 Å². The number of anilines is 2. The third kappa shape index (κ3) is 5.34. The minimum absolute atomic E-state index is 0.0250. The van der Waals surface area contributed by atoms with Crippen LogP contribution in [0.15, 0.2) is 71.6 Å². The molecule has 0 fully saturated rings. The van der Waals surface area contributed by atoms with Gasteiger partial charge in [0.2, 0.25) is 5.91 Å². The van der Waals surface area contributed by atoms with Crippen molar-refractivity contribution in [3.63, 3.8) is 0 Å². The summed E-state index contributed by atoms with van der Waals surface area (Å²) in [4.78, 5) is 12.3. The van der Waals surface area contributed by atoms with Gasteiger partial charge in [-0.2, -0.15) is 0 Å². The number of carbonyl (C=O) groups excluding carboxylic acids is 1. The van der Waals surface area contributed by atoms with Crippen molar-refractivity contribution in [3.05, 3.63) is 88.7 Å². The standard InChI is InChI=1S/C21H18ClFN2O3S/c1-14-6-11-17(24-21(26)12-15-7-9-16(23)10-8-15)13-20(14)29(27,28)25-19-5-3-2-4-18(19)22/h2-11,13,25H,12H2,1H3,(H,24,26). The zero-order valence-electron chi connectivity index (χ0n) is 15.4. The first-order chi connectivity index (χ1) is 13.7. The molecular weight excluding hydrogens is 415 g/mol. The summed E-state index contributed by atoms with van der Waals surface area (Å²) in [6.45, 7) is 1.66. The summed E-state index contributed by atoms with van der Waals surface area (Å²) < 4.78 is 41.1. The fourth-order valence-corrected chi connectivity index (χ4v) is 4.29. The van der Waals surface area contributed by atoms with E-state index in [2.05, 4.69) is 10.0 Å². The van der Waals surface area contributed by atoms with Crippen molar-refractivity contribution in [3.8, 4) is 0 Å². The molecule has 0 atom stereocenters. The van der Waals surface area contributed by atoms with Gasteiger partial charge in [-0.3, -0.25) is 9.52 Å². The van der Waals surface area contributed by atoms with Crippen LogP contribution in [-0.4, -0.2) is 14.3 Å². The van der Waals surface area contributed by atoms with Crippen molar-refractivity contribution in [2.75, 3.05) is 10.0 Å². The molecule has 0 saturated carbocycles. The van der Waals surface area contributed by atoms with Crippen molar-refractivity contribution in [1.29, 1.82) is 0 Å². The molecule has 0 heterocycles. The van der Waals surface area contributed by atoms with Crippen LogP contribution in [-0.2, 0) is 21.2 Å². The topological polar surface area (TPSA) is 75.3 Å². The van der Waals surface area contributed by atoms with Gasteiger partial charge in [0.05, 0.1) is 22.0 Å². The monoisotopic (exact) mass is 432 g/mol. The van der Waals surface area contributed by atoms with Crippen LogP contribution in [0.4, 0.5) is 15.8 Å². The highest BCUT2D eigenvalue weighted by Gasteiger charge is 2.19. The number of sulfonamides is 1. The highest BCUT2D eigenvalue weighted by Crippen LogP contribution is 2.27. The largest absolute Gasteiger partial charge is 0.326 e. The number of hydrogen-bond donors (Lipinski definition) is 2. The molecule has 0 radical (unpaired) electrons. The first kappa shape index (κ1) is 20.8. The number of hydrogen-bond acceptors (Lipinski definition) is 3. The zero-order chi connectivity index (χ0) is 21.0. The summed E-state index contributed by atoms with van der Waals surface area (Å²) >= 11 is 6.04. The van der Waals surface area contributed by atoms with Gasteiger partial charge in [-0.15, -0.1) is 0 Å². The second-order valence-electron chi connectivity index (χ2n) is 6.42. The van der Waals surface area contributed by atoms with E-state index in [0.717, 1.165) is 0 Å². The van der Waals surface area contributed by atoms with Crippen LogP contribution in [0.5, 0.6) is 0 Å². The Bertz CT molecular complexity index is 1150. The van der Waals surface area contributed by atoms with E-state index >= 15 is 0 Å². The van der Waals surface area contributed by atoms with E-state index in [0.29, 0.717) is 16.8 Å². The van der Waals surface area contributed by atoms with E-state index in [-0.39, 0.29) is 33.8 Å². The Morgan fingerprint density at radius 3 is 2.41 bits per heavy atom. The molecule has 0 spiro atoms. The SMILES string of the molecule is Cc1ccc(NC(=O)Cc2ccc(F)cc2)cc1S(=O)(=O)Nc1ccccc1Cl. The minimum atomic E-state index is -3.92. The molecule has 0 aromatic heterocycles. The Balaban J connectivity index is 1.79. The maximum Gasteiger partial charge on any atom is 0.262 e. The molecule has 2 N–H and O–H groups in total. The normalized spacial score (nSPS) is 11.1. The maximum absolute atomic E-state index is 13.0. The van der Waals surface area contributed by atoms with Crippen LogP contribution in [0.1, 0.15) is 11.1 Å². The average Bonchev–Trinajstić information content (AvgIpc) is 2.67. The average molecular weight is 433 g/mol. The summed E-state index contributed by atoms with van der Waals surface area (Å²) in [7, 11) is -3.92. The fraction of sp³-hybridized carbons (Fsp3) is 0.0952. The molecule has 0 aliphatic heterocycles. The molecule has 3 aromatic rings. The second-order valence-corrected chi connectivity index (χ2v) is 8.48. The van der Waals surface area contributed by atoms with Gasteiger partial charge in [0, 0.05) is 5.69 Å². The fourth-order valence-electron chi connectivity index (χ4n) is 2.70. The lowest BCUT2D eigenvalue weighted by Gasteiger charge is -2.13. The number of para-hydroxylation sites is 1. The molecule has 0 saturated heterocycles. The Kier molecular flexibility index (Phi) is 6.20. The predicted octanol–water partition coefficient (Wildman–Crippen LogP) is 4.77. The van der Waals surface area contributed by atoms with Crippen molar-refractivity contribution in [1.82, 2.24) is 0 Å². The highest BCUT2D eigenvalue weighted by molar-refractivity contribution is 7.92. The van der Waals surface area contributed by atoms with Crippen LogP contribution in [0, 0.1) is 12.7 Å². The molecule has 3 rings (SSSR count). The number of benzene rings is 3. The van der Waals surface area contributed by atoms with E-state index in [1.807, 2.05) is 0 Å². The van der Waals surface area contributed by atoms with E-state index in [4.69, 9.17) is 11.6 Å². The molecule has 29 heavy (non-hydrogen) atoms. The van der Waals surface area contributed by atoms with Gasteiger partial charge in [-0.1, -0.05) is 41.9 Å². The third-order valence-electron chi connectivity index (χ3n) is 4.16. The summed E-state index contributed by atoms with van der Waals surface area (Å²) in [5, 5.41) is 2.94. The van der Waals surface area contributed by atoms with E-state index in [1.54, 1.807) is 43.3 Å². The minimum Gasteiger partial charge on any atom is -0.326 e. The Morgan fingerprint density at radius 2 is 1.72 bits per heavy atom. The summed E-state index contributed by atoms with van der Waals surface area (Å²) in [5.74, 6) is -0.726. The number of halogens is 2. The molecule has 0 aliphatic carbocycles. The van der Waals surface area contributed by atoms with Gasteiger partial charge in [0.25, 0.3) is 10.0 Å². The van der Waals surface area contributed by atoms with Gasteiger partial charge < -0.3 is 5.32 Å². The molecular formula is C21H18ClFN2O3S. The molecule has 0 aliphatic rings. The summed E-state index contributed by atoms with van der Waals surface area (Å²) in [5.41, 5.74) is 1.76. The van der Waals surface area contributed by atoms with E-state index < -0.39 is 10.0 Å². The third-order valence-corrected chi connectivity index (χ3v) is 5.99. The highest BCUT2D eigenvalue weighted by atomic mass is 35.5. The molecule has 5 nitrogen and oxygen atoms in total. The van der Waals surface area contributed by atoms with Crippen LogP contribution in [0.3, 0.4) is 0 Å². The zero-order valence-corrected chi connectivity index (χ0v) is 17.0. The van der Waals surface area contributed by atoms with Gasteiger partial charge in [0.1, 0.15) is 5.82 Å². The first-order valence-corrected chi connectivity index (χ1v) is 10.5. The van der Waals surface area contributed by atoms with Crippen molar-refractivity contribution in [2.45, 2.75) is 18.2 Å². The van der Waals surface area contributed by atoms with Crippen molar-refractivity contribution in [2.24, 2.45) is 0 Å². The molecule has 0 bridgehead atoms. The summed E-state index contributed by atoms with van der Waals surface area (Å²) in [6, 6.07) is 16.7. The smallest absolute Gasteiger partial charge is 0.262 e. The second kappa shape index (κ2) is 8.63. The van der Waals surface area contributed by atoms with Crippen LogP contribution >= 0.6 is 11.6 Å². The predicted molar refractivity (Wildman–Crippen MR) is 112 cm³/mol. The molecule has 0 unspecified atom stereocenters. The number of rotatable bonds is 6. The first-order valence-electron chi connectivity index (χ1n) is 8.67. The lowest BCUT2D eigenvalue weighted by Crippen LogP contribution is -2.17. The Morgan fingerprint density at radius 1 is 1.03 bits per heavy atom. The lowest BCUT2D eigenvalue weighted by atomic mass is 10.1. The van der Waals surface area contributed by atoms with Crippen molar-refractivity contribution >= 4 is 38.9 Å². The van der Waals surface area contributed by atoms with Gasteiger partial charge in [-0.25, -0.2) is 12.8 Å². The van der Waals surface area contributed by atoms with E-state index in [9.17, 15) is 17.6 Å². The molecule has 150 valence electrons. The molecule has 8 heteroatoms. The van der Waals surface area contributed by atoms with Crippen LogP contribution in [0.25, 0.3) is 0 Å². The van der Waals surface area contributed by atoms with E-state index in [1.165, 1.54) is 30.3 Å². The van der Waals surface area contributed by atoms with Gasteiger partial charge in [0.15, 0.2) is 0 Å². The van der Waals surface area contributed by atoms with Crippen molar-refractivity contribution < 1.29 is 17.6 Å². The quantitative estimate of drug-likeness (QED) is 0.589. The summed E-state index contributed by atoms with van der Waals surface area (Å²) in [6.07, 6.45) is 0.0358. The van der Waals surface area contributed by atoms with Gasteiger partial charge in [-0.05, 0) is 54.4 Å². The Labute approximate surface area is 173 Å². The number of aryl methyl sites for hydroxylation is 1. The lowest BCUT2D eigenvalue weighted by molar-refractivity contribution is -0.115.